The third kappa shape index (κ3) is 4.98. The van der Waals surface area contributed by atoms with Gasteiger partial charge in [-0.05, 0) is 81.3 Å². The van der Waals surface area contributed by atoms with Crippen LogP contribution in [0.3, 0.4) is 0 Å². The summed E-state index contributed by atoms with van der Waals surface area (Å²) >= 11 is 0. The molecule has 5 aromatic rings. The average Bonchev–Trinajstić information content (AvgIpc) is 3.33. The van der Waals surface area contributed by atoms with Gasteiger partial charge in [-0.3, -0.25) is 9.97 Å². The number of dihydropyridines is 1. The molecule has 2 aliphatic rings. The number of rotatable bonds is 6. The highest BCUT2D eigenvalue weighted by atomic mass is 28.3. The minimum Gasteiger partial charge on any atom is -0.379 e. The summed E-state index contributed by atoms with van der Waals surface area (Å²) in [5.74, 6) is 0. The highest BCUT2D eigenvalue weighted by molar-refractivity contribution is 7.13. The summed E-state index contributed by atoms with van der Waals surface area (Å²) in [6.45, 7) is 4.89. The molecule has 1 N–H and O–H groups in total. The fourth-order valence-electron chi connectivity index (χ4n) is 6.31. The van der Waals surface area contributed by atoms with Gasteiger partial charge in [-0.15, -0.1) is 0 Å². The SMILES string of the molecule is C[Si]1(C)C(c2cccc(-c3ccccn3)n2)=C(c2ccccc2)C(c2ccccc2)=C1c1cccc(C2C=CC=CN2)n1. The smallest absolute Gasteiger partial charge is 0.119 e. The molecule has 0 saturated carbocycles. The highest BCUT2D eigenvalue weighted by Crippen LogP contribution is 2.55. The van der Waals surface area contributed by atoms with Crippen LogP contribution in [-0.4, -0.2) is 23.0 Å². The van der Waals surface area contributed by atoms with Gasteiger partial charge in [0.2, 0.25) is 0 Å². The normalized spacial score (nSPS) is 17.3. The fourth-order valence-corrected chi connectivity index (χ4v) is 9.91. The monoisotopic (exact) mass is 572 g/mol. The zero-order valence-electron chi connectivity index (χ0n) is 24.3. The predicted molar refractivity (Wildman–Crippen MR) is 180 cm³/mol. The molecule has 2 aliphatic heterocycles. The van der Waals surface area contributed by atoms with Crippen LogP contribution in [0.15, 0.2) is 146 Å². The molecule has 208 valence electrons. The summed E-state index contributed by atoms with van der Waals surface area (Å²) in [7, 11) is -2.41. The molecule has 0 amide bonds. The van der Waals surface area contributed by atoms with Crippen molar-refractivity contribution in [3.63, 3.8) is 0 Å². The molecule has 0 spiro atoms. The van der Waals surface area contributed by atoms with E-state index < -0.39 is 8.07 Å². The van der Waals surface area contributed by atoms with E-state index in [0.717, 1.165) is 28.5 Å². The van der Waals surface area contributed by atoms with Crippen molar-refractivity contribution in [3.8, 4) is 11.4 Å². The Labute approximate surface area is 253 Å². The summed E-state index contributed by atoms with van der Waals surface area (Å²) in [6.07, 6.45) is 10.0. The quantitative estimate of drug-likeness (QED) is 0.207. The zero-order valence-corrected chi connectivity index (χ0v) is 25.3. The minimum atomic E-state index is -2.41. The van der Waals surface area contributed by atoms with E-state index in [9.17, 15) is 0 Å². The first kappa shape index (κ1) is 26.7. The maximum Gasteiger partial charge on any atom is 0.119 e. The highest BCUT2D eigenvalue weighted by Gasteiger charge is 2.45. The molecule has 0 saturated heterocycles. The molecule has 1 unspecified atom stereocenters. The molecule has 4 nitrogen and oxygen atoms in total. The molecular formula is C38H32N4Si. The van der Waals surface area contributed by atoms with Crippen LogP contribution in [-0.2, 0) is 0 Å². The van der Waals surface area contributed by atoms with Crippen molar-refractivity contribution in [1.82, 2.24) is 20.3 Å². The van der Waals surface area contributed by atoms with Crippen LogP contribution in [0.4, 0.5) is 0 Å². The first-order valence-electron chi connectivity index (χ1n) is 14.7. The van der Waals surface area contributed by atoms with Gasteiger partial charge >= 0.3 is 0 Å². The van der Waals surface area contributed by atoms with Gasteiger partial charge in [0.1, 0.15) is 8.07 Å². The van der Waals surface area contributed by atoms with Gasteiger partial charge in [-0.1, -0.05) is 104 Å². The number of hydrogen-bond acceptors (Lipinski definition) is 4. The third-order valence-electron chi connectivity index (χ3n) is 8.19. The standard InChI is InChI=1S/C38H32N4Si/c1-43(2)37(33-23-13-21-31(41-33)29-19-9-11-25-39-29)35(27-15-5-3-6-16-27)36(28-17-7-4-8-18-28)38(43)34-24-14-22-32(42-34)30-20-10-12-26-40-30/h3-26,29,39H,1-2H3. The topological polar surface area (TPSA) is 50.7 Å². The summed E-state index contributed by atoms with van der Waals surface area (Å²) in [5.41, 5.74) is 9.66. The van der Waals surface area contributed by atoms with Crippen molar-refractivity contribution >= 4 is 29.6 Å². The molecule has 0 bridgehead atoms. The molecular weight excluding hydrogens is 541 g/mol. The molecule has 0 aliphatic carbocycles. The van der Waals surface area contributed by atoms with E-state index in [4.69, 9.17) is 9.97 Å². The van der Waals surface area contributed by atoms with E-state index >= 15 is 0 Å². The number of benzene rings is 2. The zero-order chi connectivity index (χ0) is 29.2. The van der Waals surface area contributed by atoms with Crippen LogP contribution in [0.1, 0.15) is 34.3 Å². The van der Waals surface area contributed by atoms with Gasteiger partial charge in [-0.2, -0.15) is 0 Å². The predicted octanol–water partition coefficient (Wildman–Crippen LogP) is 8.58. The van der Waals surface area contributed by atoms with Crippen molar-refractivity contribution in [1.29, 1.82) is 0 Å². The maximum absolute atomic E-state index is 5.34. The van der Waals surface area contributed by atoms with Gasteiger partial charge in [0, 0.05) is 6.20 Å². The summed E-state index contributed by atoms with van der Waals surface area (Å²) in [5, 5.41) is 6.09. The Kier molecular flexibility index (Phi) is 7.01. The molecule has 7 rings (SSSR count). The number of hydrogen-bond donors (Lipinski definition) is 1. The van der Waals surface area contributed by atoms with Crippen LogP contribution in [0.5, 0.6) is 0 Å². The third-order valence-corrected chi connectivity index (χ3v) is 11.7. The lowest BCUT2D eigenvalue weighted by atomic mass is 9.90. The number of aromatic nitrogens is 3. The maximum atomic E-state index is 5.34. The van der Waals surface area contributed by atoms with E-state index in [1.807, 2.05) is 36.7 Å². The Balaban J connectivity index is 1.50. The molecule has 3 aromatic heterocycles. The summed E-state index contributed by atoms with van der Waals surface area (Å²) < 4.78 is 0. The molecule has 5 heterocycles. The van der Waals surface area contributed by atoms with Crippen molar-refractivity contribution in [3.05, 3.63) is 174 Å². The number of pyridine rings is 3. The first-order chi connectivity index (χ1) is 21.1. The Bertz CT molecular complexity index is 1910. The second-order valence-corrected chi connectivity index (χ2v) is 15.6. The lowest BCUT2D eigenvalue weighted by Crippen LogP contribution is -2.30. The first-order valence-corrected chi connectivity index (χ1v) is 17.7. The molecule has 2 aromatic carbocycles. The van der Waals surface area contributed by atoms with E-state index in [2.05, 4.69) is 133 Å². The van der Waals surface area contributed by atoms with Gasteiger partial charge in [-0.25, -0.2) is 4.98 Å². The summed E-state index contributed by atoms with van der Waals surface area (Å²) in [4.78, 5) is 15.2. The molecule has 0 fully saturated rings. The van der Waals surface area contributed by atoms with Crippen molar-refractivity contribution in [2.75, 3.05) is 0 Å². The van der Waals surface area contributed by atoms with Gasteiger partial charge < -0.3 is 5.32 Å². The van der Waals surface area contributed by atoms with Gasteiger partial charge in [0.05, 0.1) is 34.5 Å². The molecule has 5 heteroatoms. The molecule has 0 radical (unpaired) electrons. The fraction of sp³-hybridized carbons (Fsp3) is 0.0789. The van der Waals surface area contributed by atoms with Crippen molar-refractivity contribution < 1.29 is 0 Å². The Hall–Kier alpha value is -5.13. The van der Waals surface area contributed by atoms with Crippen LogP contribution in [0.25, 0.3) is 32.9 Å². The van der Waals surface area contributed by atoms with Crippen LogP contribution < -0.4 is 5.32 Å². The van der Waals surface area contributed by atoms with E-state index in [1.165, 1.54) is 32.7 Å². The van der Waals surface area contributed by atoms with E-state index in [-0.39, 0.29) is 6.04 Å². The molecule has 1 atom stereocenters. The van der Waals surface area contributed by atoms with Gasteiger partial charge in [0.25, 0.3) is 0 Å². The van der Waals surface area contributed by atoms with Crippen molar-refractivity contribution in [2.45, 2.75) is 19.1 Å². The van der Waals surface area contributed by atoms with Gasteiger partial charge in [0.15, 0.2) is 0 Å². The average molecular weight is 573 g/mol. The second-order valence-electron chi connectivity index (χ2n) is 11.3. The number of nitrogens with one attached hydrogen (secondary N) is 1. The Morgan fingerprint density at radius 2 is 1.14 bits per heavy atom. The Morgan fingerprint density at radius 1 is 0.558 bits per heavy atom. The Morgan fingerprint density at radius 3 is 1.74 bits per heavy atom. The number of nitrogens with zero attached hydrogens (tertiary/aromatic N) is 3. The van der Waals surface area contributed by atoms with Crippen LogP contribution in [0.2, 0.25) is 13.1 Å². The largest absolute Gasteiger partial charge is 0.379 e. The number of allylic oxidation sites excluding steroid dienone is 4. The minimum absolute atomic E-state index is 0.0367. The van der Waals surface area contributed by atoms with Crippen LogP contribution in [0, 0.1) is 0 Å². The summed E-state index contributed by atoms with van der Waals surface area (Å²) in [6, 6.07) is 40.3. The second kappa shape index (κ2) is 11.3. The van der Waals surface area contributed by atoms with E-state index in [0.29, 0.717) is 0 Å². The van der Waals surface area contributed by atoms with Crippen LogP contribution >= 0.6 is 0 Å². The lowest BCUT2D eigenvalue weighted by Gasteiger charge is -2.26. The van der Waals surface area contributed by atoms with E-state index in [1.54, 1.807) is 0 Å². The van der Waals surface area contributed by atoms with Crippen molar-refractivity contribution in [2.24, 2.45) is 0 Å². The lowest BCUT2D eigenvalue weighted by molar-refractivity contribution is 0.720. The molecule has 43 heavy (non-hydrogen) atoms.